The van der Waals surface area contributed by atoms with Crippen molar-refractivity contribution in [3.63, 3.8) is 0 Å². The first-order chi connectivity index (χ1) is 7.11. The van der Waals surface area contributed by atoms with E-state index in [1.54, 1.807) is 18.2 Å². The molecular formula is C8H9O6P. The van der Waals surface area contributed by atoms with E-state index in [4.69, 9.17) is 5.26 Å². The molecule has 0 fully saturated rings. The Morgan fingerprint density at radius 1 is 1.33 bits per heavy atom. The Morgan fingerprint density at radius 2 is 1.93 bits per heavy atom. The van der Waals surface area contributed by atoms with Gasteiger partial charge in [-0.2, -0.15) is 0 Å². The topological polar surface area (TPSA) is 82.1 Å². The number of phosphoric ester groups is 1. The molecule has 1 N–H and O–H groups in total. The highest BCUT2D eigenvalue weighted by Gasteiger charge is 2.30. The Kier molecular flexibility index (Phi) is 3.99. The maximum Gasteiger partial charge on any atom is 0.559 e. The summed E-state index contributed by atoms with van der Waals surface area (Å²) in [4.78, 5) is 11.3. The van der Waals surface area contributed by atoms with Gasteiger partial charge >= 0.3 is 13.8 Å². The highest BCUT2D eigenvalue weighted by atomic mass is 31.2. The van der Waals surface area contributed by atoms with E-state index in [9.17, 15) is 9.36 Å². The van der Waals surface area contributed by atoms with Gasteiger partial charge in [0, 0.05) is 7.11 Å². The van der Waals surface area contributed by atoms with Crippen LogP contribution in [0.5, 0.6) is 0 Å². The first kappa shape index (κ1) is 11.9. The average Bonchev–Trinajstić information content (AvgIpc) is 2.30. The predicted molar refractivity (Wildman–Crippen MR) is 50.2 cm³/mol. The minimum atomic E-state index is -4.20. The van der Waals surface area contributed by atoms with Crippen molar-refractivity contribution in [1.82, 2.24) is 0 Å². The third-order valence-electron chi connectivity index (χ3n) is 1.53. The summed E-state index contributed by atoms with van der Waals surface area (Å²) in [6.07, 6.45) is 0. The molecule has 0 saturated carbocycles. The van der Waals surface area contributed by atoms with Crippen LogP contribution in [-0.4, -0.2) is 18.3 Å². The fourth-order valence-electron chi connectivity index (χ4n) is 0.816. The number of carbonyl (C=O) groups is 1. The number of hydrogen-bond acceptors (Lipinski definition) is 6. The van der Waals surface area contributed by atoms with Crippen LogP contribution in [0, 0.1) is 0 Å². The smallest absolute Gasteiger partial charge is 0.365 e. The van der Waals surface area contributed by atoms with Gasteiger partial charge in [-0.1, -0.05) is 18.2 Å². The van der Waals surface area contributed by atoms with Crippen molar-refractivity contribution < 1.29 is 28.3 Å². The number of benzene rings is 1. The molecule has 0 aliphatic heterocycles. The van der Waals surface area contributed by atoms with Crippen molar-refractivity contribution in [1.29, 1.82) is 0 Å². The van der Waals surface area contributed by atoms with Crippen LogP contribution in [0.1, 0.15) is 10.4 Å². The number of hydrogen-bond donors (Lipinski definition) is 1. The van der Waals surface area contributed by atoms with Gasteiger partial charge in [-0.15, -0.1) is 4.67 Å². The molecular weight excluding hydrogens is 223 g/mol. The summed E-state index contributed by atoms with van der Waals surface area (Å²) in [5.41, 5.74) is 0.173. The van der Waals surface area contributed by atoms with E-state index in [0.717, 1.165) is 7.11 Å². The van der Waals surface area contributed by atoms with E-state index < -0.39 is 13.8 Å². The van der Waals surface area contributed by atoms with E-state index in [1.165, 1.54) is 12.1 Å². The highest BCUT2D eigenvalue weighted by Crippen LogP contribution is 2.47. The first-order valence-electron chi connectivity index (χ1n) is 3.89. The van der Waals surface area contributed by atoms with Gasteiger partial charge in [-0.05, 0) is 12.1 Å². The molecule has 1 atom stereocenters. The van der Waals surface area contributed by atoms with Gasteiger partial charge in [-0.3, -0.25) is 4.52 Å². The normalized spacial score (nSPS) is 14.3. The summed E-state index contributed by atoms with van der Waals surface area (Å²) in [6.45, 7) is 0. The summed E-state index contributed by atoms with van der Waals surface area (Å²) in [6, 6.07) is 7.83. The van der Waals surface area contributed by atoms with E-state index in [-0.39, 0.29) is 5.56 Å². The number of phosphoric acid groups is 1. The molecule has 82 valence electrons. The lowest BCUT2D eigenvalue weighted by atomic mass is 10.2. The molecule has 0 heterocycles. The third-order valence-corrected chi connectivity index (χ3v) is 2.56. The van der Waals surface area contributed by atoms with Gasteiger partial charge in [-0.25, -0.2) is 14.6 Å². The molecule has 1 unspecified atom stereocenters. The minimum Gasteiger partial charge on any atom is -0.365 e. The van der Waals surface area contributed by atoms with Crippen molar-refractivity contribution >= 4 is 13.8 Å². The zero-order chi connectivity index (χ0) is 11.3. The van der Waals surface area contributed by atoms with Gasteiger partial charge in [0.25, 0.3) is 0 Å². The van der Waals surface area contributed by atoms with Crippen LogP contribution in [0.25, 0.3) is 0 Å². The molecule has 0 bridgehead atoms. The second kappa shape index (κ2) is 5.04. The largest absolute Gasteiger partial charge is 0.559 e. The van der Waals surface area contributed by atoms with Crippen molar-refractivity contribution in [2.24, 2.45) is 0 Å². The van der Waals surface area contributed by atoms with Crippen LogP contribution >= 0.6 is 7.82 Å². The lowest BCUT2D eigenvalue weighted by molar-refractivity contribution is -0.160. The van der Waals surface area contributed by atoms with Gasteiger partial charge < -0.3 is 4.52 Å². The van der Waals surface area contributed by atoms with Crippen molar-refractivity contribution in [3.05, 3.63) is 35.9 Å². The fourth-order valence-corrected chi connectivity index (χ4v) is 1.30. The van der Waals surface area contributed by atoms with Crippen molar-refractivity contribution in [2.45, 2.75) is 0 Å². The second-order valence-corrected chi connectivity index (χ2v) is 4.06. The van der Waals surface area contributed by atoms with Gasteiger partial charge in [0.15, 0.2) is 0 Å². The molecule has 6 nitrogen and oxygen atoms in total. The van der Waals surface area contributed by atoms with Gasteiger partial charge in [0.05, 0.1) is 5.56 Å². The second-order valence-electron chi connectivity index (χ2n) is 2.46. The molecule has 0 spiro atoms. The third kappa shape index (κ3) is 3.14. The van der Waals surface area contributed by atoms with Gasteiger partial charge in [0.1, 0.15) is 0 Å². The van der Waals surface area contributed by atoms with E-state index >= 15 is 0 Å². The van der Waals surface area contributed by atoms with Crippen LogP contribution < -0.4 is 0 Å². The Hall–Kier alpha value is -1.20. The maximum absolute atomic E-state index is 11.3. The zero-order valence-electron chi connectivity index (χ0n) is 7.82. The quantitative estimate of drug-likeness (QED) is 0.486. The molecule has 0 aromatic heterocycles. The molecule has 7 heteroatoms. The van der Waals surface area contributed by atoms with Crippen LogP contribution in [0.15, 0.2) is 30.3 Å². The van der Waals surface area contributed by atoms with E-state index in [1.807, 2.05) is 0 Å². The number of carbonyl (C=O) groups excluding carboxylic acids is 1. The highest BCUT2D eigenvalue weighted by molar-refractivity contribution is 7.48. The van der Waals surface area contributed by atoms with E-state index in [2.05, 4.69) is 13.7 Å². The monoisotopic (exact) mass is 232 g/mol. The lowest BCUT2D eigenvalue weighted by Crippen LogP contribution is -2.05. The summed E-state index contributed by atoms with van der Waals surface area (Å²) in [5, 5.41) is 8.22. The first-order valence-corrected chi connectivity index (χ1v) is 5.35. The Balaban J connectivity index is 2.76. The molecule has 1 rings (SSSR count). The van der Waals surface area contributed by atoms with Crippen molar-refractivity contribution in [3.8, 4) is 0 Å². The molecule has 1 aromatic rings. The lowest BCUT2D eigenvalue weighted by Gasteiger charge is -2.10. The van der Waals surface area contributed by atoms with Gasteiger partial charge in [0.2, 0.25) is 0 Å². The standard InChI is InChI=1S/C8H9O6P/c1-12-15(11,14-10)13-8(9)7-5-3-2-4-6-7/h2-6,10H,1H3. The Bertz CT molecular complexity index is 368. The van der Waals surface area contributed by atoms with Crippen LogP contribution in [0.3, 0.4) is 0 Å². The molecule has 0 radical (unpaired) electrons. The number of rotatable bonds is 4. The molecule has 0 amide bonds. The van der Waals surface area contributed by atoms with Crippen LogP contribution in [-0.2, 0) is 18.3 Å². The molecule has 0 aliphatic carbocycles. The molecule has 1 aromatic carbocycles. The average molecular weight is 232 g/mol. The summed E-state index contributed by atoms with van der Waals surface area (Å²) >= 11 is 0. The maximum atomic E-state index is 11.3. The molecule has 0 saturated heterocycles. The molecule has 15 heavy (non-hydrogen) atoms. The summed E-state index contributed by atoms with van der Waals surface area (Å²) in [5.74, 6) is -0.908. The SMILES string of the molecule is COP(=O)(OO)OC(=O)c1ccccc1. The Morgan fingerprint density at radius 3 is 2.40 bits per heavy atom. The minimum absolute atomic E-state index is 0.173. The zero-order valence-corrected chi connectivity index (χ0v) is 8.72. The Labute approximate surface area is 85.9 Å². The van der Waals surface area contributed by atoms with Crippen LogP contribution in [0.4, 0.5) is 0 Å². The van der Waals surface area contributed by atoms with Crippen molar-refractivity contribution in [2.75, 3.05) is 7.11 Å². The van der Waals surface area contributed by atoms with Crippen LogP contribution in [0.2, 0.25) is 0 Å². The summed E-state index contributed by atoms with van der Waals surface area (Å²) in [7, 11) is -3.22. The van der Waals surface area contributed by atoms with E-state index in [0.29, 0.717) is 0 Å². The fraction of sp³-hybridized carbons (Fsp3) is 0.125. The molecule has 0 aliphatic rings. The summed E-state index contributed by atoms with van der Waals surface area (Å²) < 4.78 is 23.2. The predicted octanol–water partition coefficient (Wildman–Crippen LogP) is 2.09.